The number of nitrogens with zero attached hydrogens (tertiary/aromatic N) is 1. The summed E-state index contributed by atoms with van der Waals surface area (Å²) in [6, 6.07) is -0.198. The first kappa shape index (κ1) is 17.7. The number of nitrogens with one attached hydrogen (secondary N) is 1. The number of hydrogen-bond acceptors (Lipinski definition) is 2. The van der Waals surface area contributed by atoms with Gasteiger partial charge in [0.15, 0.2) is 0 Å². The molecular weight excluding hydrogens is 244 g/mol. The van der Waals surface area contributed by atoms with E-state index in [0.717, 1.165) is 0 Å². The lowest BCUT2D eigenvalue weighted by molar-refractivity contribution is -0.137. The lowest BCUT2D eigenvalue weighted by atomic mass is 9.82. The molecule has 2 N–H and O–H groups in total. The van der Waals surface area contributed by atoms with E-state index in [4.69, 9.17) is 5.11 Å². The highest BCUT2D eigenvalue weighted by molar-refractivity contribution is 5.75. The van der Waals surface area contributed by atoms with Gasteiger partial charge in [-0.2, -0.15) is 0 Å². The van der Waals surface area contributed by atoms with Gasteiger partial charge in [0.05, 0.1) is 6.42 Å². The van der Waals surface area contributed by atoms with Crippen LogP contribution in [0.25, 0.3) is 0 Å². The summed E-state index contributed by atoms with van der Waals surface area (Å²) in [5, 5.41) is 11.6. The van der Waals surface area contributed by atoms with Crippen molar-refractivity contribution in [2.24, 2.45) is 11.3 Å². The summed E-state index contributed by atoms with van der Waals surface area (Å²) in [5.41, 5.74) is 0.136. The van der Waals surface area contributed by atoms with E-state index in [-0.39, 0.29) is 30.5 Å². The molecule has 0 radical (unpaired) electrons. The Morgan fingerprint density at radius 3 is 2.11 bits per heavy atom. The van der Waals surface area contributed by atoms with E-state index in [1.54, 1.807) is 4.90 Å². The molecule has 0 rings (SSSR count). The highest BCUT2D eigenvalue weighted by Gasteiger charge is 2.22. The maximum atomic E-state index is 12.1. The summed E-state index contributed by atoms with van der Waals surface area (Å²) < 4.78 is 0. The molecule has 0 heterocycles. The van der Waals surface area contributed by atoms with Gasteiger partial charge in [-0.25, -0.2) is 4.79 Å². The first-order chi connectivity index (χ1) is 8.55. The number of aliphatic carboxylic acids is 1. The molecule has 1 atom stereocenters. The van der Waals surface area contributed by atoms with E-state index >= 15 is 0 Å². The van der Waals surface area contributed by atoms with Crippen LogP contribution in [0.4, 0.5) is 4.79 Å². The Bertz CT molecular complexity index is 308. The standard InChI is InChI=1S/C14H28N2O3/c1-10(2)16(8-7-12(17)18)13(19)15-9-11(3)14(4,5)6/h10-11H,7-9H2,1-6H3,(H,15,19)(H,17,18). The molecule has 0 aromatic carbocycles. The van der Waals surface area contributed by atoms with E-state index in [1.807, 2.05) is 13.8 Å². The number of carbonyl (C=O) groups excluding carboxylic acids is 1. The minimum atomic E-state index is -0.887. The first-order valence-electron chi connectivity index (χ1n) is 6.82. The molecule has 0 aromatic rings. The Kier molecular flexibility index (Phi) is 6.87. The molecular formula is C14H28N2O3. The van der Waals surface area contributed by atoms with Gasteiger partial charge in [0, 0.05) is 19.1 Å². The fourth-order valence-electron chi connectivity index (χ4n) is 1.46. The van der Waals surface area contributed by atoms with Crippen molar-refractivity contribution in [1.29, 1.82) is 0 Å². The Hall–Kier alpha value is -1.26. The average molecular weight is 272 g/mol. The van der Waals surface area contributed by atoms with Crippen molar-refractivity contribution >= 4 is 12.0 Å². The molecule has 0 bridgehead atoms. The van der Waals surface area contributed by atoms with Crippen molar-refractivity contribution in [3.05, 3.63) is 0 Å². The second-order valence-corrected chi connectivity index (χ2v) is 6.38. The van der Waals surface area contributed by atoms with Crippen LogP contribution < -0.4 is 5.32 Å². The number of hydrogen-bond donors (Lipinski definition) is 2. The Morgan fingerprint density at radius 1 is 1.21 bits per heavy atom. The number of urea groups is 1. The van der Waals surface area contributed by atoms with Crippen LogP contribution in [-0.2, 0) is 4.79 Å². The number of carboxylic acid groups (broad SMARTS) is 1. The monoisotopic (exact) mass is 272 g/mol. The van der Waals surface area contributed by atoms with E-state index in [1.165, 1.54) is 0 Å². The summed E-state index contributed by atoms with van der Waals surface area (Å²) in [5.74, 6) is -0.536. The van der Waals surface area contributed by atoms with E-state index in [0.29, 0.717) is 12.5 Å². The van der Waals surface area contributed by atoms with Crippen molar-refractivity contribution in [2.75, 3.05) is 13.1 Å². The van der Waals surface area contributed by atoms with Crippen molar-refractivity contribution in [3.63, 3.8) is 0 Å². The molecule has 0 spiro atoms. The average Bonchev–Trinajstić information content (AvgIpc) is 2.23. The van der Waals surface area contributed by atoms with Crippen LogP contribution in [0.3, 0.4) is 0 Å². The van der Waals surface area contributed by atoms with E-state index < -0.39 is 5.97 Å². The summed E-state index contributed by atoms with van der Waals surface area (Å²) in [6.45, 7) is 13.1. The molecule has 0 aliphatic rings. The molecule has 0 saturated carbocycles. The molecule has 112 valence electrons. The van der Waals surface area contributed by atoms with Gasteiger partial charge in [-0.15, -0.1) is 0 Å². The molecule has 5 nitrogen and oxygen atoms in total. The molecule has 19 heavy (non-hydrogen) atoms. The molecule has 1 unspecified atom stereocenters. The maximum absolute atomic E-state index is 12.1. The van der Waals surface area contributed by atoms with Crippen molar-refractivity contribution in [1.82, 2.24) is 10.2 Å². The molecule has 0 aliphatic heterocycles. The zero-order chi connectivity index (χ0) is 15.2. The van der Waals surface area contributed by atoms with Crippen molar-refractivity contribution < 1.29 is 14.7 Å². The molecule has 0 fully saturated rings. The first-order valence-corrected chi connectivity index (χ1v) is 6.82. The van der Waals surface area contributed by atoms with Gasteiger partial charge in [-0.05, 0) is 25.2 Å². The zero-order valence-electron chi connectivity index (χ0n) is 13.0. The van der Waals surface area contributed by atoms with Crippen LogP contribution in [-0.4, -0.2) is 41.1 Å². The number of rotatable bonds is 6. The minimum Gasteiger partial charge on any atom is -0.481 e. The smallest absolute Gasteiger partial charge is 0.317 e. The van der Waals surface area contributed by atoms with Crippen LogP contribution in [0, 0.1) is 11.3 Å². The molecule has 0 aromatic heterocycles. The Morgan fingerprint density at radius 2 is 1.74 bits per heavy atom. The molecule has 0 aliphatic carbocycles. The van der Waals surface area contributed by atoms with Crippen LogP contribution in [0.2, 0.25) is 0 Å². The second-order valence-electron chi connectivity index (χ2n) is 6.38. The predicted octanol–water partition coefficient (Wildman–Crippen LogP) is 2.56. The van der Waals surface area contributed by atoms with Gasteiger partial charge in [0.25, 0.3) is 0 Å². The van der Waals surface area contributed by atoms with Gasteiger partial charge in [0.1, 0.15) is 0 Å². The predicted molar refractivity (Wildman–Crippen MR) is 76.1 cm³/mol. The third-order valence-electron chi connectivity index (χ3n) is 3.49. The normalized spacial score (nSPS) is 13.2. The largest absolute Gasteiger partial charge is 0.481 e. The second kappa shape index (κ2) is 7.36. The highest BCUT2D eigenvalue weighted by Crippen LogP contribution is 2.24. The van der Waals surface area contributed by atoms with Gasteiger partial charge in [-0.3, -0.25) is 4.79 Å². The quantitative estimate of drug-likeness (QED) is 0.780. The number of amides is 2. The third-order valence-corrected chi connectivity index (χ3v) is 3.49. The number of carboxylic acids is 1. The lowest BCUT2D eigenvalue weighted by Crippen LogP contribution is -2.46. The maximum Gasteiger partial charge on any atom is 0.317 e. The summed E-state index contributed by atoms with van der Waals surface area (Å²) in [4.78, 5) is 24.2. The third kappa shape index (κ3) is 7.03. The zero-order valence-corrected chi connectivity index (χ0v) is 13.0. The van der Waals surface area contributed by atoms with E-state index in [9.17, 15) is 9.59 Å². The Labute approximate surface area is 116 Å². The summed E-state index contributed by atoms with van der Waals surface area (Å²) in [6.07, 6.45) is -0.0274. The van der Waals surface area contributed by atoms with Crippen LogP contribution >= 0.6 is 0 Å². The topological polar surface area (TPSA) is 69.6 Å². The highest BCUT2D eigenvalue weighted by atomic mass is 16.4. The molecule has 5 heteroatoms. The van der Waals surface area contributed by atoms with Crippen LogP contribution in [0.15, 0.2) is 0 Å². The van der Waals surface area contributed by atoms with Crippen molar-refractivity contribution in [2.45, 2.75) is 54.0 Å². The van der Waals surface area contributed by atoms with Crippen molar-refractivity contribution in [3.8, 4) is 0 Å². The van der Waals surface area contributed by atoms with Gasteiger partial charge in [0.2, 0.25) is 0 Å². The molecule has 0 saturated heterocycles. The van der Waals surface area contributed by atoms with Crippen LogP contribution in [0.5, 0.6) is 0 Å². The van der Waals surface area contributed by atoms with Gasteiger partial charge >= 0.3 is 12.0 Å². The fraction of sp³-hybridized carbons (Fsp3) is 0.857. The minimum absolute atomic E-state index is 0.00991. The SMILES string of the molecule is CC(C)N(CCC(=O)O)C(=O)NCC(C)C(C)(C)C. The molecule has 2 amide bonds. The van der Waals surface area contributed by atoms with Gasteiger partial charge < -0.3 is 15.3 Å². The van der Waals surface area contributed by atoms with E-state index in [2.05, 4.69) is 33.0 Å². The summed E-state index contributed by atoms with van der Waals surface area (Å²) in [7, 11) is 0. The fourth-order valence-corrected chi connectivity index (χ4v) is 1.46. The van der Waals surface area contributed by atoms with Gasteiger partial charge in [-0.1, -0.05) is 27.7 Å². The lowest BCUT2D eigenvalue weighted by Gasteiger charge is -2.30. The summed E-state index contributed by atoms with van der Waals surface area (Å²) >= 11 is 0. The number of carbonyl (C=O) groups is 2. The Balaban J connectivity index is 4.38. The van der Waals surface area contributed by atoms with Crippen LogP contribution in [0.1, 0.15) is 48.0 Å².